The molecule has 0 saturated heterocycles. The standard InChI is InChI=1S/C24H20F3N5O3/c1-30-19-3-2-7-31(23(34)35)13-18(19)17-5-4-16(10-20(17)30)32-8-6-14(9-21(32)33)15-11-28-22(29-12-15)24(25,26)27/h4-6,8-12H,2-3,7,13H2,1H3,(H,34,35). The van der Waals surface area contributed by atoms with E-state index in [1.807, 2.05) is 23.7 Å². The van der Waals surface area contributed by atoms with Crippen molar-refractivity contribution in [1.82, 2.24) is 24.0 Å². The molecule has 1 amide bonds. The summed E-state index contributed by atoms with van der Waals surface area (Å²) in [4.78, 5) is 32.5. The number of nitrogens with zero attached hydrogens (tertiary/aromatic N) is 5. The minimum absolute atomic E-state index is 0.298. The van der Waals surface area contributed by atoms with E-state index in [2.05, 4.69) is 9.97 Å². The highest BCUT2D eigenvalue weighted by Crippen LogP contribution is 2.31. The molecule has 0 unspecified atom stereocenters. The van der Waals surface area contributed by atoms with Crippen LogP contribution in [0.1, 0.15) is 23.5 Å². The number of hydrogen-bond acceptors (Lipinski definition) is 4. The van der Waals surface area contributed by atoms with Gasteiger partial charge in [-0.2, -0.15) is 13.2 Å². The van der Waals surface area contributed by atoms with E-state index in [0.29, 0.717) is 29.9 Å². The smallest absolute Gasteiger partial charge is 0.451 e. The first-order valence-corrected chi connectivity index (χ1v) is 10.8. The molecule has 4 heterocycles. The van der Waals surface area contributed by atoms with Crippen LogP contribution in [-0.4, -0.2) is 41.7 Å². The maximum atomic E-state index is 12.9. The summed E-state index contributed by atoms with van der Waals surface area (Å²) >= 11 is 0. The second kappa shape index (κ2) is 8.26. The molecule has 1 aliphatic rings. The number of rotatable bonds is 2. The van der Waals surface area contributed by atoms with Crippen molar-refractivity contribution in [3.05, 3.63) is 76.4 Å². The highest BCUT2D eigenvalue weighted by molar-refractivity contribution is 5.87. The second-order valence-electron chi connectivity index (χ2n) is 8.41. The van der Waals surface area contributed by atoms with Crippen LogP contribution in [0.15, 0.2) is 53.7 Å². The molecule has 0 aliphatic carbocycles. The molecule has 0 radical (unpaired) electrons. The van der Waals surface area contributed by atoms with E-state index in [-0.39, 0.29) is 5.56 Å². The molecule has 0 saturated carbocycles. The summed E-state index contributed by atoms with van der Waals surface area (Å²) in [6, 6.07) is 8.49. The van der Waals surface area contributed by atoms with Crippen LogP contribution in [0.2, 0.25) is 0 Å². The number of amides is 1. The van der Waals surface area contributed by atoms with Crippen LogP contribution in [0.5, 0.6) is 0 Å². The molecule has 0 bridgehead atoms. The average molecular weight is 483 g/mol. The molecule has 0 fully saturated rings. The zero-order valence-corrected chi connectivity index (χ0v) is 18.6. The van der Waals surface area contributed by atoms with E-state index >= 15 is 0 Å². The molecule has 0 atom stereocenters. The minimum atomic E-state index is -4.64. The number of benzene rings is 1. The Morgan fingerprint density at radius 3 is 2.49 bits per heavy atom. The van der Waals surface area contributed by atoms with Crippen LogP contribution in [0.4, 0.5) is 18.0 Å². The minimum Gasteiger partial charge on any atom is -0.465 e. The first kappa shape index (κ1) is 22.6. The van der Waals surface area contributed by atoms with Gasteiger partial charge in [0.2, 0.25) is 5.82 Å². The van der Waals surface area contributed by atoms with Gasteiger partial charge in [0.15, 0.2) is 0 Å². The highest BCUT2D eigenvalue weighted by atomic mass is 19.4. The molecule has 1 N–H and O–H groups in total. The molecule has 0 spiro atoms. The summed E-state index contributed by atoms with van der Waals surface area (Å²) < 4.78 is 41.6. The largest absolute Gasteiger partial charge is 0.465 e. The number of alkyl halides is 3. The summed E-state index contributed by atoms with van der Waals surface area (Å²) in [5.74, 6) is -1.24. The van der Waals surface area contributed by atoms with Gasteiger partial charge in [0.25, 0.3) is 5.56 Å². The normalized spacial score (nSPS) is 14.1. The third-order valence-corrected chi connectivity index (χ3v) is 6.32. The van der Waals surface area contributed by atoms with E-state index in [1.165, 1.54) is 15.5 Å². The van der Waals surface area contributed by atoms with E-state index < -0.39 is 18.1 Å². The van der Waals surface area contributed by atoms with Crippen LogP contribution >= 0.6 is 0 Å². The van der Waals surface area contributed by atoms with Crippen LogP contribution in [0.25, 0.3) is 27.7 Å². The highest BCUT2D eigenvalue weighted by Gasteiger charge is 2.34. The third-order valence-electron chi connectivity index (χ3n) is 6.32. The number of hydrogen-bond donors (Lipinski definition) is 1. The van der Waals surface area contributed by atoms with Crippen molar-refractivity contribution in [2.75, 3.05) is 6.54 Å². The zero-order valence-electron chi connectivity index (χ0n) is 18.6. The molecule has 1 aliphatic heterocycles. The molecular formula is C24H20F3N5O3. The van der Waals surface area contributed by atoms with Crippen molar-refractivity contribution in [1.29, 1.82) is 0 Å². The molecule has 1 aromatic carbocycles. The van der Waals surface area contributed by atoms with Crippen LogP contribution in [-0.2, 0) is 26.2 Å². The molecule has 4 aromatic rings. The molecule has 8 nitrogen and oxygen atoms in total. The Bertz CT molecular complexity index is 1510. The average Bonchev–Trinajstić information content (AvgIpc) is 2.97. The summed E-state index contributed by atoms with van der Waals surface area (Å²) in [6.45, 7) is 0.792. The molecule has 5 rings (SSSR count). The van der Waals surface area contributed by atoms with Gasteiger partial charge in [-0.05, 0) is 36.6 Å². The van der Waals surface area contributed by atoms with Gasteiger partial charge < -0.3 is 14.6 Å². The van der Waals surface area contributed by atoms with Crippen LogP contribution in [0, 0.1) is 0 Å². The SMILES string of the molecule is Cn1c2c(c3ccc(-n4ccc(-c5cnc(C(F)(F)F)nc5)cc4=O)cc31)CN(C(=O)O)CCC2. The van der Waals surface area contributed by atoms with Crippen molar-refractivity contribution in [2.45, 2.75) is 25.6 Å². The van der Waals surface area contributed by atoms with E-state index in [9.17, 15) is 27.9 Å². The second-order valence-corrected chi connectivity index (χ2v) is 8.41. The van der Waals surface area contributed by atoms with Gasteiger partial charge in [0.05, 0.1) is 17.7 Å². The van der Waals surface area contributed by atoms with Gasteiger partial charge in [0, 0.05) is 60.5 Å². The number of pyridine rings is 1. The lowest BCUT2D eigenvalue weighted by atomic mass is 10.1. The number of aryl methyl sites for hydroxylation is 1. The topological polar surface area (TPSA) is 93.3 Å². The maximum absolute atomic E-state index is 12.9. The Labute approximate surface area is 196 Å². The molecule has 180 valence electrons. The summed E-state index contributed by atoms with van der Waals surface area (Å²) in [5.41, 5.74) is 3.88. The Morgan fingerprint density at radius 1 is 1.09 bits per heavy atom. The van der Waals surface area contributed by atoms with Gasteiger partial charge in [-0.3, -0.25) is 9.36 Å². The van der Waals surface area contributed by atoms with Gasteiger partial charge in [-0.1, -0.05) is 6.07 Å². The zero-order chi connectivity index (χ0) is 24.9. The monoisotopic (exact) mass is 483 g/mol. The molecule has 35 heavy (non-hydrogen) atoms. The number of carbonyl (C=O) groups is 1. The first-order valence-electron chi connectivity index (χ1n) is 10.8. The van der Waals surface area contributed by atoms with E-state index in [1.54, 1.807) is 18.3 Å². The number of halogens is 3. The Hall–Kier alpha value is -4.15. The lowest BCUT2D eigenvalue weighted by Crippen LogP contribution is -2.28. The van der Waals surface area contributed by atoms with Crippen molar-refractivity contribution >= 4 is 17.0 Å². The Morgan fingerprint density at radius 2 is 1.83 bits per heavy atom. The maximum Gasteiger partial charge on any atom is 0.451 e. The fourth-order valence-electron chi connectivity index (χ4n) is 4.57. The third kappa shape index (κ3) is 4.02. The van der Waals surface area contributed by atoms with E-state index in [4.69, 9.17) is 0 Å². The number of fused-ring (bicyclic) bond motifs is 3. The van der Waals surface area contributed by atoms with Crippen molar-refractivity contribution < 1.29 is 23.1 Å². The fraction of sp³-hybridized carbons (Fsp3) is 0.250. The Kier molecular flexibility index (Phi) is 5.34. The number of aromatic nitrogens is 4. The molecule has 11 heteroatoms. The van der Waals surface area contributed by atoms with Crippen molar-refractivity contribution in [3.63, 3.8) is 0 Å². The predicted molar refractivity (Wildman–Crippen MR) is 121 cm³/mol. The van der Waals surface area contributed by atoms with Crippen molar-refractivity contribution in [3.8, 4) is 16.8 Å². The van der Waals surface area contributed by atoms with Crippen molar-refractivity contribution in [2.24, 2.45) is 7.05 Å². The first-order chi connectivity index (χ1) is 16.6. The quantitative estimate of drug-likeness (QED) is 0.461. The van der Waals surface area contributed by atoms with Gasteiger partial charge in [-0.25, -0.2) is 14.8 Å². The molecular weight excluding hydrogens is 463 g/mol. The molecule has 3 aromatic heterocycles. The predicted octanol–water partition coefficient (Wildman–Crippen LogP) is 4.23. The van der Waals surface area contributed by atoms with Gasteiger partial charge in [-0.15, -0.1) is 0 Å². The summed E-state index contributed by atoms with van der Waals surface area (Å²) in [7, 11) is 1.93. The van der Waals surface area contributed by atoms with Crippen LogP contribution < -0.4 is 5.56 Å². The Balaban J connectivity index is 1.51. The summed E-state index contributed by atoms with van der Waals surface area (Å²) in [6.07, 6.45) is -0.472. The van der Waals surface area contributed by atoms with Gasteiger partial charge in [0.1, 0.15) is 0 Å². The lowest BCUT2D eigenvalue weighted by Gasteiger charge is -2.16. The van der Waals surface area contributed by atoms with E-state index in [0.717, 1.165) is 47.4 Å². The lowest BCUT2D eigenvalue weighted by molar-refractivity contribution is -0.144. The summed E-state index contributed by atoms with van der Waals surface area (Å²) in [5, 5.41) is 10.4. The van der Waals surface area contributed by atoms with Gasteiger partial charge >= 0.3 is 12.3 Å². The van der Waals surface area contributed by atoms with Crippen LogP contribution in [0.3, 0.4) is 0 Å². The number of carboxylic acid groups (broad SMARTS) is 1. The fourth-order valence-corrected chi connectivity index (χ4v) is 4.57.